The van der Waals surface area contributed by atoms with Gasteiger partial charge in [-0.2, -0.15) is 5.26 Å². The number of anilines is 1. The van der Waals surface area contributed by atoms with E-state index in [0.717, 1.165) is 27.0 Å². The highest BCUT2D eigenvalue weighted by Crippen LogP contribution is 2.47. The van der Waals surface area contributed by atoms with Gasteiger partial charge in [0, 0.05) is 33.4 Å². The Morgan fingerprint density at radius 1 is 1.13 bits per heavy atom. The molecule has 8 heteroatoms. The summed E-state index contributed by atoms with van der Waals surface area (Å²) in [5, 5.41) is 10.3. The number of ketones is 1. The molecule has 0 fully saturated rings. The van der Waals surface area contributed by atoms with Crippen LogP contribution in [-0.2, 0) is 11.4 Å². The maximum atomic E-state index is 13.4. The summed E-state index contributed by atoms with van der Waals surface area (Å²) in [5.41, 5.74) is 10.7. The summed E-state index contributed by atoms with van der Waals surface area (Å²) < 4.78 is 25.6. The molecule has 3 aromatic carbocycles. The molecule has 3 aromatic rings. The maximum absolute atomic E-state index is 13.4. The van der Waals surface area contributed by atoms with Crippen LogP contribution in [-0.4, -0.2) is 12.9 Å². The Morgan fingerprint density at radius 2 is 1.92 bits per heavy atom. The minimum atomic E-state index is -0.610. The largest absolute Gasteiger partial charge is 0.496 e. The lowest BCUT2D eigenvalue weighted by Gasteiger charge is -2.39. The monoisotopic (exact) mass is 573 g/mol. The molecule has 1 heterocycles. The van der Waals surface area contributed by atoms with Gasteiger partial charge in [-0.25, -0.2) is 4.39 Å². The molecule has 0 spiro atoms. The lowest BCUT2D eigenvalue weighted by atomic mass is 9.75. The van der Waals surface area contributed by atoms with Gasteiger partial charge in [-0.3, -0.25) is 9.69 Å². The van der Waals surface area contributed by atoms with Crippen LogP contribution >= 0.6 is 15.9 Å². The first-order chi connectivity index (χ1) is 18.4. The minimum absolute atomic E-state index is 0.0106. The van der Waals surface area contributed by atoms with Crippen molar-refractivity contribution in [2.45, 2.75) is 31.8 Å². The molecule has 5 rings (SSSR count). The van der Waals surface area contributed by atoms with Gasteiger partial charge in [-0.1, -0.05) is 28.1 Å². The molecular formula is C30H25BrFN3O3. The number of hydrogen-bond donors (Lipinski definition) is 1. The van der Waals surface area contributed by atoms with Gasteiger partial charge in [0.05, 0.1) is 24.7 Å². The van der Waals surface area contributed by atoms with Crippen molar-refractivity contribution in [2.24, 2.45) is 5.73 Å². The summed E-state index contributed by atoms with van der Waals surface area (Å²) in [5.74, 6) is 0.473. The number of benzene rings is 3. The Morgan fingerprint density at radius 3 is 2.63 bits per heavy atom. The average molecular weight is 574 g/mol. The maximum Gasteiger partial charge on any atom is 0.161 e. The van der Waals surface area contributed by atoms with Crippen LogP contribution in [0.2, 0.25) is 0 Å². The smallest absolute Gasteiger partial charge is 0.161 e. The lowest BCUT2D eigenvalue weighted by Crippen LogP contribution is -2.38. The minimum Gasteiger partial charge on any atom is -0.496 e. The van der Waals surface area contributed by atoms with Crippen molar-refractivity contribution in [1.29, 1.82) is 5.26 Å². The van der Waals surface area contributed by atoms with Crippen LogP contribution in [0.3, 0.4) is 0 Å². The quantitative estimate of drug-likeness (QED) is 0.363. The molecule has 0 saturated heterocycles. The van der Waals surface area contributed by atoms with Crippen molar-refractivity contribution in [3.05, 3.63) is 111 Å². The summed E-state index contributed by atoms with van der Waals surface area (Å²) in [6.45, 7) is 0.153. The number of hydrogen-bond acceptors (Lipinski definition) is 6. The topological polar surface area (TPSA) is 88.6 Å². The number of Topliss-reactive ketones (excluding diaryl/α,β-unsaturated/α-hetero) is 1. The molecule has 38 heavy (non-hydrogen) atoms. The highest BCUT2D eigenvalue weighted by molar-refractivity contribution is 9.10. The number of methoxy groups -OCH3 is 1. The highest BCUT2D eigenvalue weighted by atomic mass is 79.9. The summed E-state index contributed by atoms with van der Waals surface area (Å²) in [7, 11) is 1.57. The second-order valence-corrected chi connectivity index (χ2v) is 10.0. The standard InChI is InChI=1S/C30H25BrFN3O3/c1-37-27-13-8-18(14-19(27)17-38-23-11-9-21(32)10-12-23)28-24(16-33)30(34)35(22-5-2-4-20(31)15-22)25-6-3-7-26(36)29(25)28/h2,4-5,8-15,28H,3,6-7,17,34H2,1H3. The number of carbonyl (C=O) groups excluding carboxylic acids is 1. The zero-order chi connectivity index (χ0) is 26.8. The van der Waals surface area contributed by atoms with E-state index in [1.807, 2.05) is 41.3 Å². The van der Waals surface area contributed by atoms with Gasteiger partial charge in [0.25, 0.3) is 0 Å². The predicted molar refractivity (Wildman–Crippen MR) is 146 cm³/mol. The van der Waals surface area contributed by atoms with Gasteiger partial charge in [0.15, 0.2) is 5.78 Å². The van der Waals surface area contributed by atoms with E-state index in [1.54, 1.807) is 25.3 Å². The van der Waals surface area contributed by atoms with Gasteiger partial charge in [-0.05, 0) is 73.0 Å². The summed E-state index contributed by atoms with van der Waals surface area (Å²) in [6, 6.07) is 21.3. The van der Waals surface area contributed by atoms with E-state index in [-0.39, 0.29) is 18.2 Å². The zero-order valence-electron chi connectivity index (χ0n) is 20.7. The molecule has 1 atom stereocenters. The van der Waals surface area contributed by atoms with Crippen LogP contribution in [0.15, 0.2) is 93.9 Å². The Bertz CT molecular complexity index is 1510. The first kappa shape index (κ1) is 25.6. The van der Waals surface area contributed by atoms with Crippen molar-refractivity contribution in [3.63, 3.8) is 0 Å². The number of allylic oxidation sites excluding steroid dienone is 3. The summed E-state index contributed by atoms with van der Waals surface area (Å²) in [4.78, 5) is 15.3. The zero-order valence-corrected chi connectivity index (χ0v) is 22.3. The number of halogens is 2. The first-order valence-corrected chi connectivity index (χ1v) is 13.0. The fourth-order valence-corrected chi connectivity index (χ4v) is 5.50. The Kier molecular flexibility index (Phi) is 7.21. The van der Waals surface area contributed by atoms with Crippen molar-refractivity contribution in [3.8, 4) is 17.6 Å². The number of nitriles is 1. The first-order valence-electron chi connectivity index (χ1n) is 12.2. The van der Waals surface area contributed by atoms with Gasteiger partial charge in [-0.15, -0.1) is 0 Å². The van der Waals surface area contributed by atoms with E-state index in [2.05, 4.69) is 22.0 Å². The molecule has 6 nitrogen and oxygen atoms in total. The van der Waals surface area contributed by atoms with E-state index in [4.69, 9.17) is 15.2 Å². The number of rotatable bonds is 6. The Balaban J connectivity index is 1.60. The van der Waals surface area contributed by atoms with Gasteiger partial charge in [0.2, 0.25) is 0 Å². The third kappa shape index (κ3) is 4.77. The summed E-state index contributed by atoms with van der Waals surface area (Å²) in [6.07, 6.45) is 1.79. The van der Waals surface area contributed by atoms with Crippen LogP contribution < -0.4 is 20.1 Å². The number of nitrogens with zero attached hydrogens (tertiary/aromatic N) is 2. The second kappa shape index (κ2) is 10.7. The molecule has 0 aromatic heterocycles. The van der Waals surface area contributed by atoms with Crippen molar-refractivity contribution in [2.75, 3.05) is 12.0 Å². The molecule has 192 valence electrons. The van der Waals surface area contributed by atoms with Crippen molar-refractivity contribution in [1.82, 2.24) is 0 Å². The van der Waals surface area contributed by atoms with Crippen molar-refractivity contribution < 1.29 is 18.7 Å². The highest BCUT2D eigenvalue weighted by Gasteiger charge is 2.40. The molecule has 0 amide bonds. The second-order valence-electron chi connectivity index (χ2n) is 9.11. The fraction of sp³-hybridized carbons (Fsp3) is 0.200. The number of carbonyl (C=O) groups is 1. The molecule has 0 radical (unpaired) electrons. The normalized spacial score (nSPS) is 17.3. The summed E-state index contributed by atoms with van der Waals surface area (Å²) >= 11 is 3.51. The molecule has 2 N–H and O–H groups in total. The molecule has 0 bridgehead atoms. The number of nitrogens with two attached hydrogens (primary N) is 1. The van der Waals surface area contributed by atoms with E-state index in [9.17, 15) is 14.4 Å². The molecule has 2 aliphatic rings. The molecular weight excluding hydrogens is 549 g/mol. The van der Waals surface area contributed by atoms with Gasteiger partial charge >= 0.3 is 0 Å². The molecule has 0 saturated carbocycles. The molecule has 1 aliphatic heterocycles. The average Bonchev–Trinajstić information content (AvgIpc) is 2.92. The lowest BCUT2D eigenvalue weighted by molar-refractivity contribution is -0.116. The van der Waals surface area contributed by atoms with E-state index < -0.39 is 5.92 Å². The van der Waals surface area contributed by atoms with E-state index >= 15 is 0 Å². The fourth-order valence-electron chi connectivity index (χ4n) is 5.11. The molecule has 1 unspecified atom stereocenters. The third-order valence-corrected chi connectivity index (χ3v) is 7.32. The van der Waals surface area contributed by atoms with Crippen molar-refractivity contribution >= 4 is 27.4 Å². The van der Waals surface area contributed by atoms with E-state index in [0.29, 0.717) is 47.7 Å². The van der Waals surface area contributed by atoms with Crippen LogP contribution in [0.1, 0.15) is 36.3 Å². The third-order valence-electron chi connectivity index (χ3n) is 6.83. The Labute approximate surface area is 228 Å². The molecule has 1 aliphatic carbocycles. The number of ether oxygens (including phenoxy) is 2. The van der Waals surface area contributed by atoms with Crippen LogP contribution in [0.4, 0.5) is 10.1 Å². The van der Waals surface area contributed by atoms with Crippen LogP contribution in [0, 0.1) is 17.1 Å². The SMILES string of the molecule is COc1ccc(C2C(C#N)=C(N)N(c3cccc(Br)c3)C3=C2C(=O)CCC3)cc1COc1ccc(F)cc1. The predicted octanol–water partition coefficient (Wildman–Crippen LogP) is 6.48. The van der Waals surface area contributed by atoms with Gasteiger partial charge in [0.1, 0.15) is 29.7 Å². The van der Waals surface area contributed by atoms with Gasteiger partial charge < -0.3 is 15.2 Å². The van der Waals surface area contributed by atoms with Crippen LogP contribution in [0.25, 0.3) is 0 Å². The van der Waals surface area contributed by atoms with Crippen LogP contribution in [0.5, 0.6) is 11.5 Å². The van der Waals surface area contributed by atoms with E-state index in [1.165, 1.54) is 12.1 Å². The Hall–Kier alpha value is -4.09.